The minimum absolute atomic E-state index is 0.0735. The van der Waals surface area contributed by atoms with E-state index in [-0.39, 0.29) is 11.2 Å². The molecular formula is C14H16ClFN2S. The van der Waals surface area contributed by atoms with Gasteiger partial charge in [0.05, 0.1) is 10.7 Å². The molecule has 19 heavy (non-hydrogen) atoms. The van der Waals surface area contributed by atoms with Crippen LogP contribution in [0.2, 0.25) is 5.02 Å². The van der Waals surface area contributed by atoms with Crippen molar-refractivity contribution in [1.82, 2.24) is 4.98 Å². The highest BCUT2D eigenvalue weighted by molar-refractivity contribution is 7.15. The molecule has 1 aromatic carbocycles. The van der Waals surface area contributed by atoms with E-state index in [1.807, 2.05) is 0 Å². The molecule has 2 N–H and O–H groups in total. The molecule has 5 heteroatoms. The Morgan fingerprint density at radius 3 is 2.53 bits per heavy atom. The molecule has 0 aliphatic carbocycles. The normalized spacial score (nSPS) is 11.9. The van der Waals surface area contributed by atoms with Crippen molar-refractivity contribution in [2.75, 3.05) is 0 Å². The van der Waals surface area contributed by atoms with Gasteiger partial charge in [-0.05, 0) is 18.2 Å². The first-order valence-electron chi connectivity index (χ1n) is 5.98. The van der Waals surface area contributed by atoms with Gasteiger partial charge in [-0.2, -0.15) is 0 Å². The summed E-state index contributed by atoms with van der Waals surface area (Å²) in [6.45, 7) is 6.73. The van der Waals surface area contributed by atoms with Crippen molar-refractivity contribution in [3.05, 3.63) is 39.6 Å². The lowest BCUT2D eigenvalue weighted by Gasteiger charge is -2.16. The van der Waals surface area contributed by atoms with Gasteiger partial charge in [0.15, 0.2) is 0 Å². The molecule has 0 bridgehead atoms. The van der Waals surface area contributed by atoms with Gasteiger partial charge in [-0.1, -0.05) is 32.4 Å². The standard InChI is InChI=1S/C14H16ClFN2S/c1-14(2,3)12-11(7-17)19-13(18-12)9-5-4-8(16)6-10(9)15/h4-6H,7,17H2,1-3H3. The average molecular weight is 299 g/mol. The summed E-state index contributed by atoms with van der Waals surface area (Å²) in [6, 6.07) is 4.35. The van der Waals surface area contributed by atoms with Crippen LogP contribution >= 0.6 is 22.9 Å². The van der Waals surface area contributed by atoms with E-state index in [1.165, 1.54) is 23.5 Å². The lowest BCUT2D eigenvalue weighted by atomic mass is 9.91. The monoisotopic (exact) mass is 298 g/mol. The van der Waals surface area contributed by atoms with Crippen molar-refractivity contribution in [3.8, 4) is 10.6 Å². The zero-order valence-corrected chi connectivity index (χ0v) is 12.7. The minimum atomic E-state index is -0.347. The van der Waals surface area contributed by atoms with Crippen LogP contribution in [0.3, 0.4) is 0 Å². The van der Waals surface area contributed by atoms with E-state index in [1.54, 1.807) is 6.07 Å². The lowest BCUT2D eigenvalue weighted by molar-refractivity contribution is 0.567. The Morgan fingerprint density at radius 1 is 1.37 bits per heavy atom. The van der Waals surface area contributed by atoms with Gasteiger partial charge in [0.25, 0.3) is 0 Å². The van der Waals surface area contributed by atoms with E-state index in [2.05, 4.69) is 25.8 Å². The molecule has 1 aromatic heterocycles. The van der Waals surface area contributed by atoms with E-state index in [9.17, 15) is 4.39 Å². The first-order chi connectivity index (χ1) is 8.82. The number of halogens is 2. The molecule has 102 valence electrons. The minimum Gasteiger partial charge on any atom is -0.326 e. The van der Waals surface area contributed by atoms with Crippen molar-refractivity contribution >= 4 is 22.9 Å². The highest BCUT2D eigenvalue weighted by Crippen LogP contribution is 2.37. The molecule has 0 amide bonds. The van der Waals surface area contributed by atoms with Gasteiger partial charge < -0.3 is 5.73 Å². The summed E-state index contributed by atoms with van der Waals surface area (Å²) < 4.78 is 13.1. The fourth-order valence-electron chi connectivity index (χ4n) is 1.85. The van der Waals surface area contributed by atoms with Crippen LogP contribution in [-0.4, -0.2) is 4.98 Å². The molecule has 0 spiro atoms. The molecule has 1 heterocycles. The molecule has 2 nitrogen and oxygen atoms in total. The number of hydrogen-bond donors (Lipinski definition) is 1. The van der Waals surface area contributed by atoms with E-state index >= 15 is 0 Å². The SMILES string of the molecule is CC(C)(C)c1nc(-c2ccc(F)cc2Cl)sc1CN. The van der Waals surface area contributed by atoms with Crippen LogP contribution in [0.15, 0.2) is 18.2 Å². The highest BCUT2D eigenvalue weighted by atomic mass is 35.5. The van der Waals surface area contributed by atoms with Gasteiger partial charge >= 0.3 is 0 Å². The van der Waals surface area contributed by atoms with Crippen molar-refractivity contribution in [3.63, 3.8) is 0 Å². The molecule has 2 aromatic rings. The first kappa shape index (κ1) is 14.4. The Bertz CT molecular complexity index is 602. The second kappa shape index (κ2) is 5.19. The van der Waals surface area contributed by atoms with E-state index in [4.69, 9.17) is 17.3 Å². The quantitative estimate of drug-likeness (QED) is 0.894. The smallest absolute Gasteiger partial charge is 0.125 e. The van der Waals surface area contributed by atoms with Crippen molar-refractivity contribution < 1.29 is 4.39 Å². The summed E-state index contributed by atoms with van der Waals surface area (Å²) in [7, 11) is 0. The molecule has 0 atom stereocenters. The summed E-state index contributed by atoms with van der Waals surface area (Å²) in [4.78, 5) is 5.69. The van der Waals surface area contributed by atoms with Crippen LogP contribution in [-0.2, 0) is 12.0 Å². The summed E-state index contributed by atoms with van der Waals surface area (Å²) >= 11 is 7.60. The van der Waals surface area contributed by atoms with E-state index < -0.39 is 0 Å². The number of rotatable bonds is 2. The predicted octanol–water partition coefficient (Wildman–Crippen LogP) is 4.36. The molecule has 0 unspecified atom stereocenters. The van der Waals surface area contributed by atoms with Gasteiger partial charge in [-0.25, -0.2) is 9.37 Å². The van der Waals surface area contributed by atoms with Crippen LogP contribution in [0, 0.1) is 5.82 Å². The van der Waals surface area contributed by atoms with Gasteiger partial charge in [0, 0.05) is 22.4 Å². The number of nitrogens with zero attached hydrogens (tertiary/aromatic N) is 1. The predicted molar refractivity (Wildman–Crippen MR) is 79.1 cm³/mol. The molecule has 0 radical (unpaired) electrons. The summed E-state index contributed by atoms with van der Waals surface area (Å²) in [5.41, 5.74) is 7.44. The maximum atomic E-state index is 13.1. The van der Waals surface area contributed by atoms with Gasteiger partial charge in [0.1, 0.15) is 10.8 Å². The summed E-state index contributed by atoms with van der Waals surface area (Å²) in [5.74, 6) is -0.347. The molecule has 0 aliphatic heterocycles. The molecule has 0 aliphatic rings. The fraction of sp³-hybridized carbons (Fsp3) is 0.357. The van der Waals surface area contributed by atoms with Crippen molar-refractivity contribution in [2.24, 2.45) is 5.73 Å². The topological polar surface area (TPSA) is 38.9 Å². The van der Waals surface area contributed by atoms with Gasteiger partial charge in [-0.15, -0.1) is 11.3 Å². The number of nitrogens with two attached hydrogens (primary N) is 1. The average Bonchev–Trinajstić information content (AvgIpc) is 2.72. The molecular weight excluding hydrogens is 283 g/mol. The van der Waals surface area contributed by atoms with Crippen LogP contribution in [0.25, 0.3) is 10.6 Å². The Kier molecular flexibility index (Phi) is 3.95. The highest BCUT2D eigenvalue weighted by Gasteiger charge is 2.23. The van der Waals surface area contributed by atoms with Crippen molar-refractivity contribution in [2.45, 2.75) is 32.7 Å². The third-order valence-corrected chi connectivity index (χ3v) is 4.18. The Morgan fingerprint density at radius 2 is 2.05 bits per heavy atom. The largest absolute Gasteiger partial charge is 0.326 e. The maximum Gasteiger partial charge on any atom is 0.125 e. The zero-order valence-electron chi connectivity index (χ0n) is 11.1. The van der Waals surface area contributed by atoms with Gasteiger partial charge in [0.2, 0.25) is 0 Å². The van der Waals surface area contributed by atoms with Crippen LogP contribution < -0.4 is 5.73 Å². The Hall–Kier alpha value is -0.970. The van der Waals surface area contributed by atoms with Crippen LogP contribution in [0.5, 0.6) is 0 Å². The summed E-state index contributed by atoms with van der Waals surface area (Å²) in [6.07, 6.45) is 0. The maximum absolute atomic E-state index is 13.1. The van der Waals surface area contributed by atoms with Crippen LogP contribution in [0.4, 0.5) is 4.39 Å². The number of thiazole rings is 1. The molecule has 0 saturated carbocycles. The van der Waals surface area contributed by atoms with E-state index in [0.29, 0.717) is 11.6 Å². The third kappa shape index (κ3) is 2.96. The zero-order chi connectivity index (χ0) is 14.2. The lowest BCUT2D eigenvalue weighted by Crippen LogP contribution is -2.15. The van der Waals surface area contributed by atoms with Crippen molar-refractivity contribution in [1.29, 1.82) is 0 Å². The first-order valence-corrected chi connectivity index (χ1v) is 7.18. The summed E-state index contributed by atoms with van der Waals surface area (Å²) in [5, 5.41) is 1.16. The fourth-order valence-corrected chi connectivity index (χ4v) is 3.36. The number of aromatic nitrogens is 1. The Balaban J connectivity index is 2.55. The number of hydrogen-bond acceptors (Lipinski definition) is 3. The molecule has 0 saturated heterocycles. The van der Waals surface area contributed by atoms with Crippen LogP contribution in [0.1, 0.15) is 31.3 Å². The van der Waals surface area contributed by atoms with Gasteiger partial charge in [-0.3, -0.25) is 0 Å². The molecule has 0 fully saturated rings. The van der Waals surface area contributed by atoms with E-state index in [0.717, 1.165) is 21.1 Å². The number of benzene rings is 1. The third-order valence-electron chi connectivity index (χ3n) is 2.75. The second-order valence-corrected chi connectivity index (χ2v) is 6.86. The Labute approximate surface area is 121 Å². The second-order valence-electron chi connectivity index (χ2n) is 5.37. The molecule has 2 rings (SSSR count).